The van der Waals surface area contributed by atoms with E-state index in [4.69, 9.17) is 4.74 Å². The van der Waals surface area contributed by atoms with Crippen LogP contribution in [0.1, 0.15) is 43.2 Å². The third kappa shape index (κ3) is 5.97. The molecule has 126 valence electrons. The molecule has 0 saturated heterocycles. The standard InChI is InChI=1S/C19H28N2O2/c1-15-8-9-18(23-2)17(14-15)11-13-21-19(22)20-12-10-16-6-4-3-5-7-16/h6,8-9,14H,3-5,7,10-13H2,1-2H3,(H2,20,21,22). The van der Waals surface area contributed by atoms with Gasteiger partial charge in [0.2, 0.25) is 0 Å². The second-order valence-electron chi connectivity index (χ2n) is 6.11. The number of carbonyl (C=O) groups excluding carboxylic acids is 1. The lowest BCUT2D eigenvalue weighted by Gasteiger charge is -2.13. The molecule has 2 rings (SSSR count). The maximum absolute atomic E-state index is 11.8. The third-order valence-corrected chi connectivity index (χ3v) is 4.23. The fourth-order valence-electron chi connectivity index (χ4n) is 2.94. The van der Waals surface area contributed by atoms with Crippen LogP contribution in [0.5, 0.6) is 5.75 Å². The summed E-state index contributed by atoms with van der Waals surface area (Å²) in [6, 6.07) is 6.02. The Hall–Kier alpha value is -1.97. The van der Waals surface area contributed by atoms with E-state index < -0.39 is 0 Å². The highest BCUT2D eigenvalue weighted by atomic mass is 16.5. The molecule has 0 aliphatic heterocycles. The van der Waals surface area contributed by atoms with E-state index in [0.717, 1.165) is 24.2 Å². The number of carbonyl (C=O) groups is 1. The highest BCUT2D eigenvalue weighted by Crippen LogP contribution is 2.20. The van der Waals surface area contributed by atoms with Gasteiger partial charge in [0.25, 0.3) is 0 Å². The molecular weight excluding hydrogens is 288 g/mol. The van der Waals surface area contributed by atoms with E-state index in [2.05, 4.69) is 29.7 Å². The van der Waals surface area contributed by atoms with E-state index in [0.29, 0.717) is 13.1 Å². The molecular formula is C19H28N2O2. The predicted molar refractivity (Wildman–Crippen MR) is 94.0 cm³/mol. The lowest BCUT2D eigenvalue weighted by Crippen LogP contribution is -2.37. The van der Waals surface area contributed by atoms with Crippen LogP contribution in [0.25, 0.3) is 0 Å². The van der Waals surface area contributed by atoms with Crippen LogP contribution in [0.2, 0.25) is 0 Å². The number of aryl methyl sites for hydroxylation is 1. The minimum atomic E-state index is -0.0898. The number of hydrogen-bond donors (Lipinski definition) is 2. The number of amides is 2. The minimum Gasteiger partial charge on any atom is -0.496 e. The molecule has 0 bridgehead atoms. The van der Waals surface area contributed by atoms with Gasteiger partial charge in [0, 0.05) is 13.1 Å². The summed E-state index contributed by atoms with van der Waals surface area (Å²) in [5, 5.41) is 5.85. The number of urea groups is 1. The first kappa shape index (κ1) is 17.4. The summed E-state index contributed by atoms with van der Waals surface area (Å²) < 4.78 is 5.36. The van der Waals surface area contributed by atoms with Gasteiger partial charge in [-0.25, -0.2) is 4.79 Å². The molecule has 0 spiro atoms. The molecule has 0 radical (unpaired) electrons. The maximum atomic E-state index is 11.8. The van der Waals surface area contributed by atoms with Crippen LogP contribution in [-0.4, -0.2) is 26.2 Å². The Bertz CT molecular complexity index is 552. The van der Waals surface area contributed by atoms with Gasteiger partial charge in [0.15, 0.2) is 0 Å². The lowest BCUT2D eigenvalue weighted by atomic mass is 9.97. The van der Waals surface area contributed by atoms with Crippen LogP contribution < -0.4 is 15.4 Å². The number of ether oxygens (including phenoxy) is 1. The molecule has 0 atom stereocenters. The number of nitrogens with one attached hydrogen (secondary N) is 2. The molecule has 4 heteroatoms. The van der Waals surface area contributed by atoms with Gasteiger partial charge < -0.3 is 15.4 Å². The van der Waals surface area contributed by atoms with Crippen molar-refractivity contribution in [1.29, 1.82) is 0 Å². The van der Waals surface area contributed by atoms with Crippen LogP contribution >= 0.6 is 0 Å². The van der Waals surface area contributed by atoms with Crippen molar-refractivity contribution in [3.8, 4) is 5.75 Å². The van der Waals surface area contributed by atoms with Crippen LogP contribution in [0.3, 0.4) is 0 Å². The van der Waals surface area contributed by atoms with Crippen LogP contribution in [-0.2, 0) is 6.42 Å². The molecule has 0 unspecified atom stereocenters. The fraction of sp³-hybridized carbons (Fsp3) is 0.526. The predicted octanol–water partition coefficient (Wildman–Crippen LogP) is 3.74. The zero-order valence-corrected chi connectivity index (χ0v) is 14.3. The summed E-state index contributed by atoms with van der Waals surface area (Å²) in [7, 11) is 1.67. The van der Waals surface area contributed by atoms with Gasteiger partial charge in [0.05, 0.1) is 7.11 Å². The summed E-state index contributed by atoms with van der Waals surface area (Å²) >= 11 is 0. The van der Waals surface area contributed by atoms with Crippen LogP contribution in [0, 0.1) is 6.92 Å². The Balaban J connectivity index is 1.66. The van der Waals surface area contributed by atoms with Gasteiger partial charge in [-0.3, -0.25) is 0 Å². The van der Waals surface area contributed by atoms with Gasteiger partial charge in [-0.05, 0) is 57.1 Å². The molecule has 0 heterocycles. The number of benzene rings is 1. The van der Waals surface area contributed by atoms with Gasteiger partial charge in [0.1, 0.15) is 5.75 Å². The van der Waals surface area contributed by atoms with Crippen molar-refractivity contribution in [2.75, 3.05) is 20.2 Å². The van der Waals surface area contributed by atoms with Crippen molar-refractivity contribution in [1.82, 2.24) is 10.6 Å². The minimum absolute atomic E-state index is 0.0898. The quantitative estimate of drug-likeness (QED) is 0.753. The number of rotatable bonds is 7. The zero-order valence-electron chi connectivity index (χ0n) is 14.3. The zero-order chi connectivity index (χ0) is 16.5. The molecule has 0 fully saturated rings. The SMILES string of the molecule is COc1ccc(C)cc1CCNC(=O)NCCC1=CCCCC1. The maximum Gasteiger partial charge on any atom is 0.314 e. The second kappa shape index (κ2) is 9.23. The van der Waals surface area contributed by atoms with Crippen LogP contribution in [0.15, 0.2) is 29.8 Å². The average Bonchev–Trinajstić information content (AvgIpc) is 2.56. The van der Waals surface area contributed by atoms with Crippen LogP contribution in [0.4, 0.5) is 4.79 Å². The molecule has 1 aromatic carbocycles. The van der Waals surface area contributed by atoms with Gasteiger partial charge in [-0.2, -0.15) is 0 Å². The molecule has 23 heavy (non-hydrogen) atoms. The highest BCUT2D eigenvalue weighted by molar-refractivity contribution is 5.73. The first-order valence-corrected chi connectivity index (χ1v) is 8.52. The summed E-state index contributed by atoms with van der Waals surface area (Å²) in [5.41, 5.74) is 3.81. The Kier molecular flexibility index (Phi) is 6.98. The molecule has 4 nitrogen and oxygen atoms in total. The first-order chi connectivity index (χ1) is 11.2. The summed E-state index contributed by atoms with van der Waals surface area (Å²) in [6.45, 7) is 3.38. The Morgan fingerprint density at radius 3 is 2.65 bits per heavy atom. The molecule has 2 amide bonds. The van der Waals surface area contributed by atoms with E-state index in [9.17, 15) is 4.79 Å². The Labute approximate surface area is 139 Å². The van der Waals surface area contributed by atoms with E-state index in [-0.39, 0.29) is 6.03 Å². The molecule has 1 aliphatic rings. The normalized spacial score (nSPS) is 14.1. The Morgan fingerprint density at radius 2 is 1.96 bits per heavy atom. The van der Waals surface area contributed by atoms with E-state index >= 15 is 0 Å². The van der Waals surface area contributed by atoms with E-state index in [1.165, 1.54) is 36.8 Å². The average molecular weight is 316 g/mol. The van der Waals surface area contributed by atoms with Crippen molar-refractivity contribution in [2.24, 2.45) is 0 Å². The first-order valence-electron chi connectivity index (χ1n) is 8.52. The van der Waals surface area contributed by atoms with Gasteiger partial charge in [-0.1, -0.05) is 29.3 Å². The second-order valence-corrected chi connectivity index (χ2v) is 6.11. The largest absolute Gasteiger partial charge is 0.496 e. The smallest absolute Gasteiger partial charge is 0.314 e. The summed E-state index contributed by atoms with van der Waals surface area (Å²) in [4.78, 5) is 11.8. The van der Waals surface area contributed by atoms with Crippen molar-refractivity contribution >= 4 is 6.03 Å². The third-order valence-electron chi connectivity index (χ3n) is 4.23. The molecule has 1 aliphatic carbocycles. The van der Waals surface area contributed by atoms with Gasteiger partial charge >= 0.3 is 6.03 Å². The lowest BCUT2D eigenvalue weighted by molar-refractivity contribution is 0.241. The number of allylic oxidation sites excluding steroid dienone is 1. The van der Waals surface area contributed by atoms with Gasteiger partial charge in [-0.15, -0.1) is 0 Å². The highest BCUT2D eigenvalue weighted by Gasteiger charge is 2.06. The number of hydrogen-bond acceptors (Lipinski definition) is 2. The topological polar surface area (TPSA) is 50.4 Å². The molecule has 0 saturated carbocycles. The molecule has 0 aromatic heterocycles. The molecule has 1 aromatic rings. The summed E-state index contributed by atoms with van der Waals surface area (Å²) in [5.74, 6) is 0.877. The fourth-order valence-corrected chi connectivity index (χ4v) is 2.94. The van der Waals surface area contributed by atoms with E-state index in [1.807, 2.05) is 12.1 Å². The van der Waals surface area contributed by atoms with E-state index in [1.54, 1.807) is 7.11 Å². The monoisotopic (exact) mass is 316 g/mol. The van der Waals surface area contributed by atoms with Crippen molar-refractivity contribution in [2.45, 2.75) is 45.4 Å². The molecule has 2 N–H and O–H groups in total. The Morgan fingerprint density at radius 1 is 1.17 bits per heavy atom. The summed E-state index contributed by atoms with van der Waals surface area (Å²) in [6.07, 6.45) is 9.04. The van der Waals surface area contributed by atoms with Crippen molar-refractivity contribution in [3.05, 3.63) is 41.0 Å². The van der Waals surface area contributed by atoms with Crippen molar-refractivity contribution < 1.29 is 9.53 Å². The van der Waals surface area contributed by atoms with Crippen molar-refractivity contribution in [3.63, 3.8) is 0 Å². The number of methoxy groups -OCH3 is 1.